The molecule has 4 N–H and O–H groups in total. The van der Waals surface area contributed by atoms with E-state index in [1.807, 2.05) is 0 Å². The zero-order valence-corrected chi connectivity index (χ0v) is 67.3. The van der Waals surface area contributed by atoms with Crippen LogP contribution in [0.1, 0.15) is 46.5 Å². The third kappa shape index (κ3) is 93.3. The number of rotatable bonds is 23. The summed E-state index contributed by atoms with van der Waals surface area (Å²) in [6.45, 7) is 11.3. The van der Waals surface area contributed by atoms with Crippen LogP contribution in [0.5, 0.6) is 0 Å². The smallest absolute Gasteiger partial charge is 0.811 e. The Morgan fingerprint density at radius 2 is 0.894 bits per heavy atom. The largest absolute Gasteiger partial charge is 1.00 e. The fraction of sp³-hybridized carbons (Fsp3) is 0.692. The van der Waals surface area contributed by atoms with E-state index in [0.717, 1.165) is 0 Å². The minimum Gasteiger partial charge on any atom is -0.811 e. The first-order valence-electron chi connectivity index (χ1n) is 15.5. The average molecular weight is 1180 g/mol. The molecule has 0 radical (unpaired) electrons. The first-order valence-corrected chi connectivity index (χ1v) is 28.1. The van der Waals surface area contributed by atoms with Gasteiger partial charge in [0, 0.05) is 33.2 Å². The first-order chi connectivity index (χ1) is 24.8. The van der Waals surface area contributed by atoms with Crippen molar-refractivity contribution in [3.8, 4) is 0 Å². The summed E-state index contributed by atoms with van der Waals surface area (Å²) in [5.74, 6) is -2.69. The van der Waals surface area contributed by atoms with Gasteiger partial charge < -0.3 is 101 Å². The van der Waals surface area contributed by atoms with Gasteiger partial charge in [0.1, 0.15) is 7.60 Å². The number of phosphoric ester groups is 1. The summed E-state index contributed by atoms with van der Waals surface area (Å²) in [5.41, 5.74) is 2.04. The molecule has 0 heterocycles. The zero-order chi connectivity index (χ0) is 45.4. The van der Waals surface area contributed by atoms with E-state index in [0.29, 0.717) is 29.0 Å². The van der Waals surface area contributed by atoms with Crippen LogP contribution in [-0.2, 0) is 40.8 Å². The van der Waals surface area contributed by atoms with Crippen molar-refractivity contribution in [1.82, 2.24) is 0 Å². The van der Waals surface area contributed by atoms with Gasteiger partial charge in [-0.15, -0.1) is 0 Å². The molecule has 0 saturated heterocycles. The molecule has 0 aliphatic carbocycles. The van der Waals surface area contributed by atoms with Crippen LogP contribution in [0.2, 0.25) is 0 Å². The Bertz CT molecular complexity index is 1620. The maximum Gasteiger partial charge on any atom is 1.00 e. The second-order valence-corrected chi connectivity index (χ2v) is 25.7. The van der Waals surface area contributed by atoms with Crippen molar-refractivity contribution in [2.75, 3.05) is 63.4 Å². The Balaban J connectivity index is -0.0000000436. The molecule has 0 aromatic heterocycles. The van der Waals surface area contributed by atoms with Crippen LogP contribution in [0.4, 0.5) is 0 Å². The van der Waals surface area contributed by atoms with E-state index >= 15 is 0 Å². The average Bonchev–Trinajstić information content (AvgIpc) is 2.96. The fourth-order valence-corrected chi connectivity index (χ4v) is 11.8. The topological polar surface area (TPSA) is 449 Å². The van der Waals surface area contributed by atoms with Gasteiger partial charge in [0.25, 0.3) is 7.82 Å². The number of allylic oxidation sites excluding steroid dienone is 2. The maximum atomic E-state index is 11.1. The predicted molar refractivity (Wildman–Crippen MR) is 188 cm³/mol. The number of phosphoric acid groups is 1. The van der Waals surface area contributed by atoms with Crippen molar-refractivity contribution in [2.24, 2.45) is 0 Å². The molecule has 336 valence electrons. The summed E-state index contributed by atoms with van der Waals surface area (Å²) < 4.78 is 82.0. The summed E-state index contributed by atoms with van der Waals surface area (Å²) in [7, 11) is -32.0. The van der Waals surface area contributed by atoms with Gasteiger partial charge in [0.2, 0.25) is 0 Å². The molecule has 23 nitrogen and oxygen atoms in total. The minimum atomic E-state index is -5.05. The summed E-state index contributed by atoms with van der Waals surface area (Å²) in [5, 5.41) is 34.8. The van der Waals surface area contributed by atoms with Crippen LogP contribution in [0.25, 0.3) is 0 Å². The van der Waals surface area contributed by atoms with Gasteiger partial charge in [-0.2, -0.15) is 0 Å². The van der Waals surface area contributed by atoms with Crippen molar-refractivity contribution in [3.63, 3.8) is 0 Å². The molecule has 0 aromatic rings. The number of aliphatic hydroxyl groups is 4. The van der Waals surface area contributed by atoms with Crippen LogP contribution < -0.4 is 345 Å². The Hall–Kier alpha value is 9.93. The van der Waals surface area contributed by atoms with Crippen LogP contribution in [-0.4, -0.2) is 89.9 Å². The molecule has 0 spiro atoms. The molecule has 0 aliphatic heterocycles. The molecule has 0 aromatic carbocycles. The molecular weight excluding hydrogens is 1130 g/mol. The summed E-state index contributed by atoms with van der Waals surface area (Å²) in [6, 6.07) is 0. The van der Waals surface area contributed by atoms with E-state index in [9.17, 15) is 86.0 Å². The first kappa shape index (κ1) is 111. The summed E-state index contributed by atoms with van der Waals surface area (Å²) in [4.78, 5) is 105. The van der Waals surface area contributed by atoms with Gasteiger partial charge >= 0.3 is 296 Å². The molecule has 66 heavy (non-hydrogen) atoms. The molecular formula is C26H49Na10O23P7. The Labute approximate surface area is 610 Å². The molecule has 40 heteroatoms. The van der Waals surface area contributed by atoms with Gasteiger partial charge in [-0.05, 0) is 70.5 Å². The van der Waals surface area contributed by atoms with Gasteiger partial charge in [0.05, 0.1) is 32.5 Å². The van der Waals surface area contributed by atoms with E-state index in [4.69, 9.17) is 15.3 Å². The third-order valence-electron chi connectivity index (χ3n) is 5.62. The molecule has 5 atom stereocenters. The molecule has 0 amide bonds. The molecule has 0 aliphatic rings. The molecule has 0 fully saturated rings. The van der Waals surface area contributed by atoms with E-state index in [1.165, 1.54) is 13.0 Å². The number of hydrogen-bond donors (Lipinski definition) is 4. The Morgan fingerprint density at radius 1 is 0.561 bits per heavy atom. The molecule has 0 bridgehead atoms. The van der Waals surface area contributed by atoms with Gasteiger partial charge in [-0.3, -0.25) is 8.88 Å². The second-order valence-electron chi connectivity index (χ2n) is 11.9. The van der Waals surface area contributed by atoms with Gasteiger partial charge in [0.15, 0.2) is 0 Å². The monoisotopic (exact) mass is 1180 g/mol. The minimum absolute atomic E-state index is 0. The quantitative estimate of drug-likeness (QED) is 0.0419. The van der Waals surface area contributed by atoms with E-state index in [-0.39, 0.29) is 360 Å². The van der Waals surface area contributed by atoms with E-state index in [2.05, 4.69) is 22.0 Å². The van der Waals surface area contributed by atoms with Crippen molar-refractivity contribution < 1.29 is 406 Å². The Kier molecular flexibility index (Phi) is 97.9. The zero-order valence-electron chi connectivity index (χ0n) is 41.0. The summed E-state index contributed by atoms with van der Waals surface area (Å²) in [6.07, 6.45) is 1.02. The van der Waals surface area contributed by atoms with Crippen molar-refractivity contribution in [2.45, 2.75) is 52.6 Å². The maximum absolute atomic E-state index is 11.1. The second kappa shape index (κ2) is 58.1. The molecule has 0 rings (SSSR count). The van der Waals surface area contributed by atoms with Crippen LogP contribution in [0.15, 0.2) is 47.6 Å². The van der Waals surface area contributed by atoms with Crippen molar-refractivity contribution in [1.29, 1.82) is 0 Å². The molecule has 5 unspecified atom stereocenters. The third-order valence-corrected chi connectivity index (χ3v) is 17.0. The van der Waals surface area contributed by atoms with Crippen molar-refractivity contribution in [3.05, 3.63) is 47.6 Å². The van der Waals surface area contributed by atoms with Crippen LogP contribution >= 0.6 is 52.9 Å². The number of aliphatic hydroxyl groups excluding tert-OH is 4. The normalized spacial score (nSPS) is 14.8. The SMILES string of the molecule is C=C(C)C(O)CCP(=O)([O-])CP(=O)([O-])[O-].C=C(CO)CCOP(=O)([O-])OP(C)(=O)[O-].CC(=CCCP(=O)([O-])CP(=O)([O-])[O-])CO.CC(=CCCP(=O)([O-])[O-])CO.[Na+].[Na+].[Na+].[Na+].[Na+].[Na+].[Na+].[Na+].[Na+].[Na+]. The summed E-state index contributed by atoms with van der Waals surface area (Å²) >= 11 is 0. The van der Waals surface area contributed by atoms with Gasteiger partial charge in [-0.1, -0.05) is 64.8 Å². The molecule has 0 saturated carbocycles. The Morgan fingerprint density at radius 3 is 1.17 bits per heavy atom. The van der Waals surface area contributed by atoms with Crippen molar-refractivity contribution >= 4 is 52.9 Å². The van der Waals surface area contributed by atoms with E-state index in [1.54, 1.807) is 19.9 Å². The number of hydrogen-bond acceptors (Lipinski definition) is 23. The van der Waals surface area contributed by atoms with E-state index < -0.39 is 77.0 Å². The van der Waals surface area contributed by atoms with Crippen LogP contribution in [0, 0.1) is 0 Å². The van der Waals surface area contributed by atoms with Crippen LogP contribution in [0.3, 0.4) is 0 Å². The fourth-order valence-electron chi connectivity index (χ4n) is 2.93. The predicted octanol–water partition coefficient (Wildman–Crippen LogP) is -33.5. The van der Waals surface area contributed by atoms with Gasteiger partial charge in [-0.25, -0.2) is 0 Å². The standard InChI is InChI=1S/2C7H16O6P2.C6H14O7P2.C6H13O4P.10Na/c1-6(2)7(8)3-4-14(9,10)5-15(11,12)13;1-7(5-8)3-2-4-14(9,10)6-15(11,12)13;1-6(5-7)3-4-12-15(10,11)13-14(2,8)9;1-6(5-7)3-2-4-11(8,9)10;;;;;;;;;;/h7-8H,1,3-5H2,2H3,(H,9,10)(H2,11,12,13);3,8H,2,4-6H2,1H3,(H,9,10)(H2,11,12,13);7H,1,3-5H2,2H3,(H,8,9)(H,10,11);3,7H,2,4-5H2,1H3,(H2,8,9,10);;;;;;;;;;/q;;;;10*+1/p-10.